The number of hydrogen-bond acceptors (Lipinski definition) is 4. The van der Waals surface area contributed by atoms with Crippen LogP contribution in [0.2, 0.25) is 0 Å². The van der Waals surface area contributed by atoms with Gasteiger partial charge in [-0.15, -0.1) is 0 Å². The van der Waals surface area contributed by atoms with E-state index in [-0.39, 0.29) is 5.91 Å². The lowest BCUT2D eigenvalue weighted by molar-refractivity contribution is -0.132. The Balaban J connectivity index is 1.50. The second kappa shape index (κ2) is 7.57. The van der Waals surface area contributed by atoms with Crippen molar-refractivity contribution in [1.29, 1.82) is 0 Å². The van der Waals surface area contributed by atoms with Crippen molar-refractivity contribution in [3.8, 4) is 22.5 Å². The van der Waals surface area contributed by atoms with Crippen molar-refractivity contribution in [3.63, 3.8) is 0 Å². The molecule has 6 rings (SSSR count). The van der Waals surface area contributed by atoms with Crippen molar-refractivity contribution >= 4 is 16.8 Å². The summed E-state index contributed by atoms with van der Waals surface area (Å²) in [4.78, 5) is 19.7. The Morgan fingerprint density at radius 2 is 1.97 bits per heavy atom. The molecule has 2 aliphatic rings. The van der Waals surface area contributed by atoms with Gasteiger partial charge < -0.3 is 9.47 Å². The van der Waals surface area contributed by atoms with Crippen LogP contribution in [0.1, 0.15) is 50.0 Å². The van der Waals surface area contributed by atoms with Crippen molar-refractivity contribution < 1.29 is 4.79 Å². The van der Waals surface area contributed by atoms with Crippen LogP contribution in [0.5, 0.6) is 0 Å². The van der Waals surface area contributed by atoms with Crippen LogP contribution >= 0.6 is 0 Å². The molecule has 4 aromatic rings. The first-order chi connectivity index (χ1) is 16.0. The molecule has 3 aromatic heterocycles. The Kier molecular flexibility index (Phi) is 4.64. The fourth-order valence-corrected chi connectivity index (χ4v) is 5.21. The van der Waals surface area contributed by atoms with Gasteiger partial charge in [0.05, 0.1) is 29.6 Å². The molecule has 0 radical (unpaired) electrons. The Morgan fingerprint density at radius 3 is 2.67 bits per heavy atom. The number of fused-ring (bicyclic) bond motifs is 2. The predicted octanol–water partition coefficient (Wildman–Crippen LogP) is 3.86. The van der Waals surface area contributed by atoms with Gasteiger partial charge in [-0.25, -0.2) is 4.98 Å². The van der Waals surface area contributed by atoms with Crippen LogP contribution in [0, 0.1) is 0 Å². The van der Waals surface area contributed by atoms with Gasteiger partial charge in [-0.3, -0.25) is 14.2 Å². The highest BCUT2D eigenvalue weighted by Gasteiger charge is 2.32. The SMILES string of the molecule is CCC(=O)N1CCn2c(C3CCC3)nc(-c3ccc4c(c3)c(-c3cnn(C)c3)nn4C)c2C1. The van der Waals surface area contributed by atoms with E-state index in [4.69, 9.17) is 10.1 Å². The molecule has 0 saturated heterocycles. The van der Waals surface area contributed by atoms with Crippen molar-refractivity contribution in [2.75, 3.05) is 6.54 Å². The Morgan fingerprint density at radius 1 is 1.12 bits per heavy atom. The van der Waals surface area contributed by atoms with E-state index in [9.17, 15) is 4.79 Å². The molecule has 4 heterocycles. The largest absolute Gasteiger partial charge is 0.335 e. The summed E-state index contributed by atoms with van der Waals surface area (Å²) >= 11 is 0. The van der Waals surface area contributed by atoms with Crippen LogP contribution in [0.15, 0.2) is 30.6 Å². The smallest absolute Gasteiger partial charge is 0.222 e. The number of aryl methyl sites for hydroxylation is 2. The zero-order valence-electron chi connectivity index (χ0n) is 19.5. The number of benzene rings is 1. The minimum atomic E-state index is 0.208. The summed E-state index contributed by atoms with van der Waals surface area (Å²) < 4.78 is 6.12. The Bertz CT molecular complexity index is 1370. The number of aromatic nitrogens is 6. The minimum Gasteiger partial charge on any atom is -0.335 e. The molecule has 0 atom stereocenters. The summed E-state index contributed by atoms with van der Waals surface area (Å²) in [6.45, 7) is 4.16. The van der Waals surface area contributed by atoms with Gasteiger partial charge in [0.1, 0.15) is 11.5 Å². The van der Waals surface area contributed by atoms with E-state index in [0.29, 0.717) is 18.9 Å². The molecule has 1 aliphatic heterocycles. The van der Waals surface area contributed by atoms with Gasteiger partial charge >= 0.3 is 0 Å². The third kappa shape index (κ3) is 3.19. The third-order valence-corrected chi connectivity index (χ3v) is 7.26. The van der Waals surface area contributed by atoms with Crippen LogP contribution < -0.4 is 0 Å². The van der Waals surface area contributed by atoms with Crippen molar-refractivity contribution in [1.82, 2.24) is 34.0 Å². The number of nitrogens with zero attached hydrogens (tertiary/aromatic N) is 7. The maximum Gasteiger partial charge on any atom is 0.222 e. The first kappa shape index (κ1) is 20.2. The molecular formula is C25H29N7O. The molecule has 8 nitrogen and oxygen atoms in total. The van der Waals surface area contributed by atoms with Gasteiger partial charge in [-0.1, -0.05) is 19.4 Å². The Hall–Kier alpha value is -3.42. The lowest BCUT2D eigenvalue weighted by Gasteiger charge is -2.32. The van der Waals surface area contributed by atoms with Gasteiger partial charge in [0.2, 0.25) is 5.91 Å². The number of imidazole rings is 1. The van der Waals surface area contributed by atoms with Crippen molar-refractivity contribution in [3.05, 3.63) is 42.1 Å². The third-order valence-electron chi connectivity index (χ3n) is 7.26. The van der Waals surface area contributed by atoms with Gasteiger partial charge in [0, 0.05) is 62.2 Å². The molecule has 0 spiro atoms. The van der Waals surface area contributed by atoms with Crippen LogP contribution in [0.25, 0.3) is 33.4 Å². The molecule has 33 heavy (non-hydrogen) atoms. The second-order valence-corrected chi connectivity index (χ2v) is 9.32. The van der Waals surface area contributed by atoms with E-state index < -0.39 is 0 Å². The highest BCUT2D eigenvalue weighted by atomic mass is 16.2. The lowest BCUT2D eigenvalue weighted by Crippen LogP contribution is -2.38. The van der Waals surface area contributed by atoms with Gasteiger partial charge in [-0.05, 0) is 25.0 Å². The number of carbonyl (C=O) groups excluding carboxylic acids is 1. The first-order valence-electron chi connectivity index (χ1n) is 11.9. The van der Waals surface area contributed by atoms with E-state index in [1.807, 2.05) is 43.0 Å². The van der Waals surface area contributed by atoms with E-state index in [2.05, 4.69) is 27.9 Å². The summed E-state index contributed by atoms with van der Waals surface area (Å²) in [6.07, 6.45) is 8.08. The molecule has 1 amide bonds. The number of carbonyl (C=O) groups is 1. The predicted molar refractivity (Wildman–Crippen MR) is 126 cm³/mol. The summed E-state index contributed by atoms with van der Waals surface area (Å²) in [5.74, 6) is 1.95. The minimum absolute atomic E-state index is 0.208. The lowest BCUT2D eigenvalue weighted by atomic mass is 9.85. The highest BCUT2D eigenvalue weighted by Crippen LogP contribution is 2.40. The molecule has 1 aromatic carbocycles. The van der Waals surface area contributed by atoms with Crippen molar-refractivity contribution in [2.24, 2.45) is 14.1 Å². The number of amides is 1. The van der Waals surface area contributed by atoms with E-state index in [1.54, 1.807) is 4.68 Å². The normalized spacial score (nSPS) is 16.3. The molecule has 170 valence electrons. The average Bonchev–Trinajstić information content (AvgIpc) is 3.47. The number of hydrogen-bond donors (Lipinski definition) is 0. The molecular weight excluding hydrogens is 414 g/mol. The first-order valence-corrected chi connectivity index (χ1v) is 11.9. The fourth-order valence-electron chi connectivity index (χ4n) is 5.21. The molecule has 1 aliphatic carbocycles. The van der Waals surface area contributed by atoms with Crippen LogP contribution in [-0.4, -0.2) is 46.5 Å². The fraction of sp³-hybridized carbons (Fsp3) is 0.440. The summed E-state index contributed by atoms with van der Waals surface area (Å²) in [5.41, 5.74) is 6.26. The molecule has 1 saturated carbocycles. The monoisotopic (exact) mass is 443 g/mol. The maximum absolute atomic E-state index is 12.5. The van der Waals surface area contributed by atoms with E-state index >= 15 is 0 Å². The number of rotatable bonds is 4. The van der Waals surface area contributed by atoms with Crippen LogP contribution in [-0.2, 0) is 32.0 Å². The second-order valence-electron chi connectivity index (χ2n) is 9.32. The zero-order chi connectivity index (χ0) is 22.7. The van der Waals surface area contributed by atoms with Crippen LogP contribution in [0.4, 0.5) is 0 Å². The van der Waals surface area contributed by atoms with Gasteiger partial charge in [-0.2, -0.15) is 10.2 Å². The quantitative estimate of drug-likeness (QED) is 0.480. The topological polar surface area (TPSA) is 73.8 Å². The molecule has 1 fully saturated rings. The zero-order valence-corrected chi connectivity index (χ0v) is 19.5. The van der Waals surface area contributed by atoms with E-state index in [0.717, 1.165) is 52.2 Å². The van der Waals surface area contributed by atoms with Gasteiger partial charge in [0.15, 0.2) is 0 Å². The maximum atomic E-state index is 12.5. The molecule has 0 unspecified atom stereocenters. The standard InChI is InChI=1S/C25H29N7O/c1-4-22(33)31-10-11-32-21(15-31)24(27-25(32)16-6-5-7-16)17-8-9-20-19(12-17)23(28-30(20)3)18-13-26-29(2)14-18/h8-9,12-14,16H,4-7,10-11,15H2,1-3H3. The summed E-state index contributed by atoms with van der Waals surface area (Å²) in [6, 6.07) is 6.48. The molecule has 0 bridgehead atoms. The molecule has 8 heteroatoms. The average molecular weight is 444 g/mol. The Labute approximate surface area is 192 Å². The van der Waals surface area contributed by atoms with Crippen molar-refractivity contribution in [2.45, 2.75) is 51.6 Å². The summed E-state index contributed by atoms with van der Waals surface area (Å²) in [7, 11) is 3.89. The van der Waals surface area contributed by atoms with Crippen LogP contribution in [0.3, 0.4) is 0 Å². The highest BCUT2D eigenvalue weighted by molar-refractivity contribution is 5.95. The van der Waals surface area contributed by atoms with E-state index in [1.165, 1.54) is 25.1 Å². The molecule has 0 N–H and O–H groups in total. The summed E-state index contributed by atoms with van der Waals surface area (Å²) in [5, 5.41) is 10.2. The van der Waals surface area contributed by atoms with Gasteiger partial charge in [0.25, 0.3) is 0 Å².